The highest BCUT2D eigenvalue weighted by molar-refractivity contribution is 6.30. The van der Waals surface area contributed by atoms with E-state index >= 15 is 0 Å². The zero-order valence-electron chi connectivity index (χ0n) is 20.3. The van der Waals surface area contributed by atoms with Gasteiger partial charge in [-0.15, -0.1) is 5.10 Å². The summed E-state index contributed by atoms with van der Waals surface area (Å²) in [5.41, 5.74) is 1.36. The number of aromatic nitrogens is 4. The van der Waals surface area contributed by atoms with Crippen molar-refractivity contribution in [1.82, 2.24) is 24.2 Å². The number of hydrogen-bond donors (Lipinski definition) is 0. The first-order valence-electron chi connectivity index (χ1n) is 12.1. The van der Waals surface area contributed by atoms with Crippen LogP contribution in [0.1, 0.15) is 32.3 Å². The fraction of sp³-hybridized carbons (Fsp3) is 0.462. The van der Waals surface area contributed by atoms with Crippen LogP contribution in [0.5, 0.6) is 0 Å². The number of nitrogens with zero attached hydrogens (tertiary/aromatic N) is 5. The van der Waals surface area contributed by atoms with E-state index in [1.54, 1.807) is 30.5 Å². The van der Waals surface area contributed by atoms with Crippen LogP contribution in [0.25, 0.3) is 17.2 Å². The van der Waals surface area contributed by atoms with Crippen molar-refractivity contribution in [2.45, 2.75) is 39.7 Å². The normalized spacial score (nSPS) is 14.9. The van der Waals surface area contributed by atoms with E-state index in [2.05, 4.69) is 15.0 Å². The molecule has 186 valence electrons. The molecule has 1 aliphatic rings. The maximum Gasteiger partial charge on any atom is 0.352 e. The lowest BCUT2D eigenvalue weighted by molar-refractivity contribution is -0.120. The molecule has 0 saturated carbocycles. The van der Waals surface area contributed by atoms with E-state index in [1.807, 2.05) is 26.0 Å². The third-order valence-corrected chi connectivity index (χ3v) is 6.21. The van der Waals surface area contributed by atoms with Gasteiger partial charge in [-0.25, -0.2) is 9.78 Å². The van der Waals surface area contributed by atoms with Gasteiger partial charge in [0.25, 0.3) is 0 Å². The number of carbonyl (C=O) groups is 1. The SMILES string of the molecule is CC(C)CC(=O)Cn1c(-c2cccc(Cl)c2)nn(-c2ccc(CCN3CCCOCC3)cn2)c1=O. The van der Waals surface area contributed by atoms with E-state index in [-0.39, 0.29) is 18.2 Å². The molecule has 0 N–H and O–H groups in total. The van der Waals surface area contributed by atoms with Gasteiger partial charge < -0.3 is 9.64 Å². The van der Waals surface area contributed by atoms with Gasteiger partial charge in [-0.1, -0.05) is 43.6 Å². The predicted octanol–water partition coefficient (Wildman–Crippen LogP) is 3.63. The Labute approximate surface area is 210 Å². The molecule has 8 nitrogen and oxygen atoms in total. The molecule has 9 heteroatoms. The molecule has 4 rings (SSSR count). The highest BCUT2D eigenvalue weighted by Crippen LogP contribution is 2.21. The summed E-state index contributed by atoms with van der Waals surface area (Å²) >= 11 is 6.19. The van der Waals surface area contributed by atoms with Crippen molar-refractivity contribution >= 4 is 17.4 Å². The van der Waals surface area contributed by atoms with Crippen LogP contribution >= 0.6 is 11.6 Å². The summed E-state index contributed by atoms with van der Waals surface area (Å²) in [5, 5.41) is 5.09. The third-order valence-electron chi connectivity index (χ3n) is 5.97. The number of halogens is 1. The summed E-state index contributed by atoms with van der Waals surface area (Å²) in [6, 6.07) is 10.9. The molecule has 0 spiro atoms. The van der Waals surface area contributed by atoms with Crippen molar-refractivity contribution in [3.8, 4) is 17.2 Å². The van der Waals surface area contributed by atoms with Gasteiger partial charge in [0.1, 0.15) is 0 Å². The molecule has 3 aromatic rings. The second-order valence-corrected chi connectivity index (χ2v) is 9.77. The van der Waals surface area contributed by atoms with E-state index in [0.717, 1.165) is 51.3 Å². The predicted molar refractivity (Wildman–Crippen MR) is 136 cm³/mol. The first kappa shape index (κ1) is 25.3. The van der Waals surface area contributed by atoms with Crippen molar-refractivity contribution in [2.24, 2.45) is 5.92 Å². The molecule has 0 atom stereocenters. The molecule has 35 heavy (non-hydrogen) atoms. The average molecular weight is 498 g/mol. The van der Waals surface area contributed by atoms with Crippen LogP contribution in [0.3, 0.4) is 0 Å². The second kappa shape index (κ2) is 11.7. The minimum Gasteiger partial charge on any atom is -0.380 e. The van der Waals surface area contributed by atoms with Crippen molar-refractivity contribution in [3.05, 3.63) is 63.7 Å². The van der Waals surface area contributed by atoms with E-state index in [4.69, 9.17) is 16.3 Å². The molecule has 1 saturated heterocycles. The van der Waals surface area contributed by atoms with Crippen molar-refractivity contribution in [3.63, 3.8) is 0 Å². The molecule has 1 aromatic carbocycles. The number of Topliss-reactive ketones (excluding diaryl/α,β-unsaturated/α-hetero) is 1. The largest absolute Gasteiger partial charge is 0.380 e. The molecule has 0 aliphatic carbocycles. The van der Waals surface area contributed by atoms with Crippen molar-refractivity contribution in [2.75, 3.05) is 32.8 Å². The monoisotopic (exact) mass is 497 g/mol. The maximum atomic E-state index is 13.3. The number of hydrogen-bond acceptors (Lipinski definition) is 6. The zero-order chi connectivity index (χ0) is 24.8. The van der Waals surface area contributed by atoms with Gasteiger partial charge in [-0.05, 0) is 42.5 Å². The molecule has 1 fully saturated rings. The molecule has 1 aliphatic heterocycles. The summed E-state index contributed by atoms with van der Waals surface area (Å²) in [4.78, 5) is 32.8. The topological polar surface area (TPSA) is 82.2 Å². The fourth-order valence-corrected chi connectivity index (χ4v) is 4.41. The molecular formula is C26H32ClN5O3. The van der Waals surface area contributed by atoms with Gasteiger partial charge in [-0.2, -0.15) is 4.68 Å². The fourth-order valence-electron chi connectivity index (χ4n) is 4.22. The minimum absolute atomic E-state index is 0.0212. The third kappa shape index (κ3) is 6.66. The van der Waals surface area contributed by atoms with Crippen LogP contribution in [0.2, 0.25) is 5.02 Å². The van der Waals surface area contributed by atoms with Crippen LogP contribution < -0.4 is 5.69 Å². The van der Waals surface area contributed by atoms with E-state index in [9.17, 15) is 9.59 Å². The first-order chi connectivity index (χ1) is 16.9. The zero-order valence-corrected chi connectivity index (χ0v) is 21.1. The number of benzene rings is 1. The van der Waals surface area contributed by atoms with Gasteiger partial charge in [0.05, 0.1) is 13.2 Å². The van der Waals surface area contributed by atoms with Crippen LogP contribution in [-0.4, -0.2) is 62.9 Å². The summed E-state index contributed by atoms with van der Waals surface area (Å²) in [5.74, 6) is 0.996. The lowest BCUT2D eigenvalue weighted by Crippen LogP contribution is -2.29. The Morgan fingerprint density at radius 3 is 2.77 bits per heavy atom. The van der Waals surface area contributed by atoms with E-state index in [0.29, 0.717) is 28.6 Å². The lowest BCUT2D eigenvalue weighted by atomic mass is 10.1. The summed E-state index contributed by atoms with van der Waals surface area (Å²) in [6.07, 6.45) is 4.10. The van der Waals surface area contributed by atoms with Crippen LogP contribution in [0.15, 0.2) is 47.4 Å². The number of ether oxygens (including phenoxy) is 1. The van der Waals surface area contributed by atoms with Gasteiger partial charge in [-0.3, -0.25) is 9.36 Å². The van der Waals surface area contributed by atoms with Gasteiger partial charge in [0.2, 0.25) is 0 Å². The van der Waals surface area contributed by atoms with Gasteiger partial charge in [0.15, 0.2) is 17.4 Å². The van der Waals surface area contributed by atoms with Crippen LogP contribution in [0, 0.1) is 5.92 Å². The number of rotatable bonds is 9. The Bertz CT molecular complexity index is 1190. The van der Waals surface area contributed by atoms with Crippen LogP contribution in [0.4, 0.5) is 0 Å². The van der Waals surface area contributed by atoms with E-state index in [1.165, 1.54) is 9.25 Å². The Hall–Kier alpha value is -2.81. The molecule has 3 heterocycles. The quantitative estimate of drug-likeness (QED) is 0.449. The van der Waals surface area contributed by atoms with E-state index < -0.39 is 5.69 Å². The molecule has 2 aromatic heterocycles. The van der Waals surface area contributed by atoms with Crippen molar-refractivity contribution in [1.29, 1.82) is 0 Å². The molecule has 0 radical (unpaired) electrons. The molecule has 0 amide bonds. The van der Waals surface area contributed by atoms with Gasteiger partial charge in [0, 0.05) is 49.4 Å². The number of ketones is 1. The molecule has 0 unspecified atom stereocenters. The Morgan fingerprint density at radius 2 is 2.03 bits per heavy atom. The lowest BCUT2D eigenvalue weighted by Gasteiger charge is -2.18. The standard InChI is InChI=1S/C26H32ClN5O3/c1-19(2)15-23(33)18-31-25(21-5-3-6-22(27)16-21)29-32(26(31)34)24-8-7-20(17-28-24)9-11-30-10-4-13-35-14-12-30/h3,5-8,16-17,19H,4,9-15,18H2,1-2H3. The Morgan fingerprint density at radius 1 is 1.17 bits per heavy atom. The van der Waals surface area contributed by atoms with Crippen molar-refractivity contribution < 1.29 is 9.53 Å². The highest BCUT2D eigenvalue weighted by atomic mass is 35.5. The maximum absolute atomic E-state index is 13.3. The Balaban J connectivity index is 1.58. The van der Waals surface area contributed by atoms with Gasteiger partial charge >= 0.3 is 5.69 Å². The smallest absolute Gasteiger partial charge is 0.352 e. The summed E-state index contributed by atoms with van der Waals surface area (Å²) in [7, 11) is 0. The Kier molecular flexibility index (Phi) is 8.49. The number of pyridine rings is 1. The highest BCUT2D eigenvalue weighted by Gasteiger charge is 2.20. The minimum atomic E-state index is -0.401. The summed E-state index contributed by atoms with van der Waals surface area (Å²) in [6.45, 7) is 8.44. The summed E-state index contributed by atoms with van der Waals surface area (Å²) < 4.78 is 8.19. The average Bonchev–Trinajstić information content (AvgIpc) is 2.99. The molecule has 0 bridgehead atoms. The molecular weight excluding hydrogens is 466 g/mol. The van der Waals surface area contributed by atoms with Crippen LogP contribution in [-0.2, 0) is 22.5 Å². The first-order valence-corrected chi connectivity index (χ1v) is 12.5. The number of carbonyl (C=O) groups excluding carboxylic acids is 1. The second-order valence-electron chi connectivity index (χ2n) is 9.33.